The molecule has 0 atom stereocenters. The lowest BCUT2D eigenvalue weighted by atomic mass is 9.96. The summed E-state index contributed by atoms with van der Waals surface area (Å²) in [5.74, 6) is 0. The van der Waals surface area contributed by atoms with Crippen molar-refractivity contribution in [2.24, 2.45) is 0 Å². The van der Waals surface area contributed by atoms with Crippen LogP contribution in [0, 0.1) is 16.7 Å². The van der Waals surface area contributed by atoms with E-state index in [4.69, 9.17) is 10.7 Å². The van der Waals surface area contributed by atoms with Gasteiger partial charge < -0.3 is 10.7 Å². The molecule has 0 aliphatic carbocycles. The highest BCUT2D eigenvalue weighted by Gasteiger charge is 2.04. The lowest BCUT2D eigenvalue weighted by Gasteiger charge is -2.10. The lowest BCUT2D eigenvalue weighted by molar-refractivity contribution is 0.729. The van der Waals surface area contributed by atoms with E-state index in [2.05, 4.69) is 48.6 Å². The van der Waals surface area contributed by atoms with Crippen LogP contribution in [0.4, 0.5) is 0 Å². The Balaban J connectivity index is 1.94. The van der Waals surface area contributed by atoms with E-state index in [9.17, 15) is 0 Å². The zero-order valence-corrected chi connectivity index (χ0v) is 15.7. The summed E-state index contributed by atoms with van der Waals surface area (Å²) in [6.45, 7) is 2.15. The van der Waals surface area contributed by atoms with Crippen LogP contribution in [0.3, 0.4) is 0 Å². The van der Waals surface area contributed by atoms with Crippen LogP contribution in [0.15, 0.2) is 48.5 Å². The van der Waals surface area contributed by atoms with Crippen molar-refractivity contribution >= 4 is 11.9 Å². The maximum absolute atomic E-state index is 9.03. The molecule has 0 unspecified atom stereocenters. The Morgan fingerprint density at radius 3 is 2.62 bits per heavy atom. The number of hydrogen-bond acceptors (Lipinski definition) is 3. The van der Waals surface area contributed by atoms with Gasteiger partial charge in [0.2, 0.25) is 0 Å². The molecule has 3 heteroatoms. The molecule has 0 spiro atoms. The van der Waals surface area contributed by atoms with Gasteiger partial charge in [-0.15, -0.1) is 0 Å². The molecule has 0 saturated carbocycles. The number of aryl methyl sites for hydroxylation is 3. The molecule has 0 bridgehead atoms. The van der Waals surface area contributed by atoms with Crippen LogP contribution in [0.1, 0.15) is 47.6 Å². The standard InChI is InChI=1S/C23H27N3/c1-3-20-16-19(17-25)11-12-21(20)9-5-4-7-18-8-6-10-22(15-18)23(26-2)13-14-24/h6,8,10-16,24,26H,3-5,7,9H2,1-2H3/b23-13-,24-14?. The van der Waals surface area contributed by atoms with E-state index in [0.29, 0.717) is 0 Å². The van der Waals surface area contributed by atoms with Gasteiger partial charge in [0.25, 0.3) is 0 Å². The normalized spacial score (nSPS) is 11.0. The quantitative estimate of drug-likeness (QED) is 0.502. The van der Waals surface area contributed by atoms with Crippen LogP contribution in [-0.4, -0.2) is 13.3 Å². The molecule has 2 aromatic carbocycles. The van der Waals surface area contributed by atoms with Gasteiger partial charge in [0.05, 0.1) is 11.6 Å². The van der Waals surface area contributed by atoms with Crippen molar-refractivity contribution in [2.45, 2.75) is 39.0 Å². The molecule has 0 aromatic heterocycles. The van der Waals surface area contributed by atoms with E-state index in [1.807, 2.05) is 19.2 Å². The smallest absolute Gasteiger partial charge is 0.0991 e. The number of unbranched alkanes of at least 4 members (excludes halogenated alkanes) is 1. The average Bonchev–Trinajstić information content (AvgIpc) is 2.69. The van der Waals surface area contributed by atoms with Crippen molar-refractivity contribution in [3.63, 3.8) is 0 Å². The van der Waals surface area contributed by atoms with Gasteiger partial charge in [-0.3, -0.25) is 0 Å². The van der Waals surface area contributed by atoms with E-state index in [-0.39, 0.29) is 0 Å². The zero-order valence-electron chi connectivity index (χ0n) is 15.7. The number of benzene rings is 2. The fourth-order valence-corrected chi connectivity index (χ4v) is 3.21. The number of nitrogens with zero attached hydrogens (tertiary/aromatic N) is 1. The van der Waals surface area contributed by atoms with Crippen molar-refractivity contribution in [1.29, 1.82) is 10.7 Å². The summed E-state index contributed by atoms with van der Waals surface area (Å²) in [5.41, 5.74) is 6.82. The Morgan fingerprint density at radius 2 is 1.92 bits per heavy atom. The van der Waals surface area contributed by atoms with Crippen LogP contribution in [0.2, 0.25) is 0 Å². The number of rotatable bonds is 9. The van der Waals surface area contributed by atoms with E-state index >= 15 is 0 Å². The van der Waals surface area contributed by atoms with Gasteiger partial charge in [0, 0.05) is 19.0 Å². The molecular weight excluding hydrogens is 318 g/mol. The molecule has 0 fully saturated rings. The first-order chi connectivity index (χ1) is 12.7. The number of hydrogen-bond donors (Lipinski definition) is 2. The molecule has 0 radical (unpaired) electrons. The number of nitrogens with one attached hydrogen (secondary N) is 2. The highest BCUT2D eigenvalue weighted by atomic mass is 14.8. The van der Waals surface area contributed by atoms with Gasteiger partial charge in [-0.1, -0.05) is 31.2 Å². The van der Waals surface area contributed by atoms with Crippen molar-refractivity contribution in [1.82, 2.24) is 5.32 Å². The van der Waals surface area contributed by atoms with Gasteiger partial charge >= 0.3 is 0 Å². The minimum absolute atomic E-state index is 0.751. The molecule has 3 nitrogen and oxygen atoms in total. The first-order valence-corrected chi connectivity index (χ1v) is 9.21. The van der Waals surface area contributed by atoms with Crippen LogP contribution in [-0.2, 0) is 19.3 Å². The third kappa shape index (κ3) is 5.32. The summed E-state index contributed by atoms with van der Waals surface area (Å²) in [4.78, 5) is 0. The number of allylic oxidation sites excluding steroid dienone is 1. The van der Waals surface area contributed by atoms with Crippen molar-refractivity contribution in [3.05, 3.63) is 76.4 Å². The van der Waals surface area contributed by atoms with Gasteiger partial charge in [-0.05, 0) is 78.6 Å². The van der Waals surface area contributed by atoms with E-state index < -0.39 is 0 Å². The summed E-state index contributed by atoms with van der Waals surface area (Å²) in [5, 5.41) is 19.4. The lowest BCUT2D eigenvalue weighted by Crippen LogP contribution is -2.05. The fraction of sp³-hybridized carbons (Fsp3) is 0.304. The molecule has 26 heavy (non-hydrogen) atoms. The minimum atomic E-state index is 0.751. The monoisotopic (exact) mass is 345 g/mol. The molecule has 0 saturated heterocycles. The van der Waals surface area contributed by atoms with Gasteiger partial charge in [0.1, 0.15) is 0 Å². The first kappa shape index (κ1) is 19.5. The maximum atomic E-state index is 9.03. The highest BCUT2D eigenvalue weighted by molar-refractivity contribution is 5.82. The first-order valence-electron chi connectivity index (χ1n) is 9.21. The SMILES string of the molecule is CCc1cc(C#N)ccc1CCCCc1cccc(/C(=C/C=N)NC)c1. The summed E-state index contributed by atoms with van der Waals surface area (Å²) >= 11 is 0. The Bertz CT molecular complexity index is 812. The van der Waals surface area contributed by atoms with Gasteiger partial charge in [0.15, 0.2) is 0 Å². The third-order valence-corrected chi connectivity index (χ3v) is 4.64. The Kier molecular flexibility index (Phi) is 7.64. The summed E-state index contributed by atoms with van der Waals surface area (Å²) in [6.07, 6.45) is 8.43. The summed E-state index contributed by atoms with van der Waals surface area (Å²) < 4.78 is 0. The zero-order chi connectivity index (χ0) is 18.8. The molecule has 0 amide bonds. The minimum Gasteiger partial charge on any atom is -0.388 e. The predicted octanol–water partition coefficient (Wildman–Crippen LogP) is 4.90. The Morgan fingerprint density at radius 1 is 1.12 bits per heavy atom. The van der Waals surface area contributed by atoms with Gasteiger partial charge in [-0.25, -0.2) is 0 Å². The molecule has 0 aliphatic heterocycles. The third-order valence-electron chi connectivity index (χ3n) is 4.64. The van der Waals surface area contributed by atoms with Crippen molar-refractivity contribution in [3.8, 4) is 6.07 Å². The van der Waals surface area contributed by atoms with Crippen LogP contribution < -0.4 is 5.32 Å². The molecule has 134 valence electrons. The second kappa shape index (κ2) is 10.2. The Hall–Kier alpha value is -2.86. The molecule has 0 aliphatic rings. The molecule has 2 aromatic rings. The van der Waals surface area contributed by atoms with Crippen molar-refractivity contribution in [2.75, 3.05) is 7.05 Å². The van der Waals surface area contributed by atoms with E-state index in [0.717, 1.165) is 48.9 Å². The molecule has 2 N–H and O–H groups in total. The molecule has 0 heterocycles. The van der Waals surface area contributed by atoms with Crippen LogP contribution in [0.5, 0.6) is 0 Å². The Labute approximate surface area is 156 Å². The van der Waals surface area contributed by atoms with E-state index in [1.54, 1.807) is 6.08 Å². The second-order valence-electron chi connectivity index (χ2n) is 6.35. The van der Waals surface area contributed by atoms with Crippen LogP contribution in [0.25, 0.3) is 5.70 Å². The van der Waals surface area contributed by atoms with Crippen LogP contribution >= 0.6 is 0 Å². The molecular formula is C23H27N3. The van der Waals surface area contributed by atoms with Gasteiger partial charge in [-0.2, -0.15) is 5.26 Å². The average molecular weight is 345 g/mol. The maximum Gasteiger partial charge on any atom is 0.0991 e. The number of nitriles is 1. The van der Waals surface area contributed by atoms with Crippen molar-refractivity contribution < 1.29 is 0 Å². The summed E-state index contributed by atoms with van der Waals surface area (Å²) in [6, 6.07) is 16.8. The van der Waals surface area contributed by atoms with E-state index in [1.165, 1.54) is 22.9 Å². The molecule has 2 rings (SSSR count). The largest absolute Gasteiger partial charge is 0.388 e. The second-order valence-corrected chi connectivity index (χ2v) is 6.35. The fourth-order valence-electron chi connectivity index (χ4n) is 3.21. The topological polar surface area (TPSA) is 59.7 Å². The summed E-state index contributed by atoms with van der Waals surface area (Å²) in [7, 11) is 1.88. The predicted molar refractivity (Wildman–Crippen MR) is 109 cm³/mol. The highest BCUT2D eigenvalue weighted by Crippen LogP contribution is 2.18.